The highest BCUT2D eigenvalue weighted by Gasteiger charge is 2.54. The highest BCUT2D eigenvalue weighted by molar-refractivity contribution is 6.03. The molecule has 0 N–H and O–H groups in total. The van der Waals surface area contributed by atoms with E-state index in [2.05, 4.69) is 75.2 Å². The van der Waals surface area contributed by atoms with Crippen molar-refractivity contribution in [1.29, 1.82) is 0 Å². The number of fused-ring (bicyclic) bond motifs is 4. The molecule has 2 aromatic rings. The topological polar surface area (TPSA) is 34.1 Å². The van der Waals surface area contributed by atoms with E-state index < -0.39 is 5.72 Å². The third-order valence-corrected chi connectivity index (χ3v) is 6.30. The van der Waals surface area contributed by atoms with Gasteiger partial charge in [-0.1, -0.05) is 35.9 Å². The molecule has 1 fully saturated rings. The van der Waals surface area contributed by atoms with E-state index in [-0.39, 0.29) is 11.6 Å². The number of hydrazone groups is 1. The van der Waals surface area contributed by atoms with Crippen molar-refractivity contribution in [3.05, 3.63) is 64.7 Å². The summed E-state index contributed by atoms with van der Waals surface area (Å²) in [5, 5.41) is 7.45. The van der Waals surface area contributed by atoms with E-state index in [1.54, 1.807) is 0 Å². The smallest absolute Gasteiger partial charge is 0.203 e. The van der Waals surface area contributed by atoms with Crippen molar-refractivity contribution in [2.24, 2.45) is 5.10 Å². The molecule has 4 nitrogen and oxygen atoms in total. The number of benzene rings is 2. The first-order valence-electron chi connectivity index (χ1n) is 10.2. The van der Waals surface area contributed by atoms with Gasteiger partial charge in [0.2, 0.25) is 5.72 Å². The molecule has 2 atom stereocenters. The van der Waals surface area contributed by atoms with E-state index in [1.165, 1.54) is 22.3 Å². The van der Waals surface area contributed by atoms with Crippen LogP contribution in [0.1, 0.15) is 61.4 Å². The molecule has 3 heterocycles. The lowest BCUT2D eigenvalue weighted by Gasteiger charge is -2.52. The Hall–Kier alpha value is -2.33. The van der Waals surface area contributed by atoms with E-state index >= 15 is 0 Å². The molecule has 0 aliphatic carbocycles. The number of hydrogen-bond donors (Lipinski definition) is 0. The molecule has 0 radical (unpaired) electrons. The average molecular weight is 377 g/mol. The molecule has 0 amide bonds. The van der Waals surface area contributed by atoms with Crippen molar-refractivity contribution < 1.29 is 9.47 Å². The van der Waals surface area contributed by atoms with E-state index in [4.69, 9.17) is 14.6 Å². The average Bonchev–Trinajstić information content (AvgIpc) is 3.09. The Balaban J connectivity index is 1.63. The number of para-hydroxylation sites is 1. The minimum absolute atomic E-state index is 0.216. The second-order valence-corrected chi connectivity index (χ2v) is 9.05. The van der Waals surface area contributed by atoms with Crippen molar-refractivity contribution in [3.8, 4) is 5.75 Å². The van der Waals surface area contributed by atoms with Crippen LogP contribution in [0.15, 0.2) is 47.6 Å². The predicted molar refractivity (Wildman–Crippen MR) is 111 cm³/mol. The standard InChI is InChI=1S/C24H28N2O2/c1-16-9-10-17(2)19(13-16)20-14-21-18-7-5-6-8-22(18)28-24(26(21)25-20)11-12-27-23(3,4)15-24/h5-10,13,21H,11-12,14-15H2,1-4H3. The Morgan fingerprint density at radius 1 is 1.11 bits per heavy atom. The molecule has 146 valence electrons. The lowest BCUT2D eigenvalue weighted by Crippen LogP contribution is -2.60. The molecule has 3 aliphatic rings. The first-order chi connectivity index (χ1) is 13.4. The van der Waals surface area contributed by atoms with Crippen LogP contribution in [0, 0.1) is 13.8 Å². The van der Waals surface area contributed by atoms with Gasteiger partial charge in [-0.3, -0.25) is 0 Å². The van der Waals surface area contributed by atoms with Crippen molar-refractivity contribution in [1.82, 2.24) is 5.01 Å². The van der Waals surface area contributed by atoms with Crippen LogP contribution >= 0.6 is 0 Å². The van der Waals surface area contributed by atoms with Gasteiger partial charge in [-0.15, -0.1) is 0 Å². The zero-order chi connectivity index (χ0) is 19.5. The summed E-state index contributed by atoms with van der Waals surface area (Å²) < 4.78 is 12.7. The second-order valence-electron chi connectivity index (χ2n) is 9.05. The molecule has 0 bridgehead atoms. The van der Waals surface area contributed by atoms with Gasteiger partial charge in [0.1, 0.15) is 5.75 Å². The molecule has 5 rings (SSSR count). The minimum Gasteiger partial charge on any atom is -0.466 e. The van der Waals surface area contributed by atoms with E-state index in [9.17, 15) is 0 Å². The second kappa shape index (κ2) is 6.08. The van der Waals surface area contributed by atoms with Crippen LogP contribution in [0.5, 0.6) is 5.75 Å². The monoisotopic (exact) mass is 376 g/mol. The lowest BCUT2D eigenvalue weighted by atomic mass is 9.86. The predicted octanol–water partition coefficient (Wildman–Crippen LogP) is 5.13. The van der Waals surface area contributed by atoms with Crippen LogP contribution < -0.4 is 4.74 Å². The summed E-state index contributed by atoms with van der Waals surface area (Å²) in [5.74, 6) is 0.999. The van der Waals surface area contributed by atoms with Gasteiger partial charge in [0.05, 0.1) is 24.0 Å². The highest BCUT2D eigenvalue weighted by Crippen LogP contribution is 2.51. The van der Waals surface area contributed by atoms with Gasteiger partial charge in [-0.05, 0) is 45.4 Å². The molecule has 3 aliphatic heterocycles. The Kier molecular flexibility index (Phi) is 3.86. The molecule has 0 saturated carbocycles. The number of hydrogen-bond acceptors (Lipinski definition) is 4. The Bertz CT molecular complexity index is 965. The first kappa shape index (κ1) is 17.7. The van der Waals surface area contributed by atoms with Gasteiger partial charge in [-0.2, -0.15) is 5.10 Å². The van der Waals surface area contributed by atoms with Gasteiger partial charge < -0.3 is 9.47 Å². The summed E-state index contributed by atoms with van der Waals surface area (Å²) in [6, 6.07) is 15.3. The largest absolute Gasteiger partial charge is 0.466 e. The summed E-state index contributed by atoms with van der Waals surface area (Å²) in [5.41, 5.74) is 5.53. The van der Waals surface area contributed by atoms with E-state index in [0.717, 1.165) is 30.7 Å². The summed E-state index contributed by atoms with van der Waals surface area (Å²) in [6.07, 6.45) is 2.53. The van der Waals surface area contributed by atoms with Gasteiger partial charge >= 0.3 is 0 Å². The molecule has 1 saturated heterocycles. The van der Waals surface area contributed by atoms with Crippen LogP contribution in [0.4, 0.5) is 0 Å². The van der Waals surface area contributed by atoms with Crippen LogP contribution in [0.3, 0.4) is 0 Å². The maximum absolute atomic E-state index is 6.69. The van der Waals surface area contributed by atoms with Crippen molar-refractivity contribution >= 4 is 5.71 Å². The fraction of sp³-hybridized carbons (Fsp3) is 0.458. The maximum atomic E-state index is 6.69. The van der Waals surface area contributed by atoms with Crippen LogP contribution in [0.25, 0.3) is 0 Å². The zero-order valence-electron chi connectivity index (χ0n) is 17.2. The normalized spacial score (nSPS) is 27.8. The molecule has 4 heteroatoms. The minimum atomic E-state index is -0.444. The van der Waals surface area contributed by atoms with Crippen LogP contribution in [-0.4, -0.2) is 28.7 Å². The molecule has 2 aromatic carbocycles. The van der Waals surface area contributed by atoms with Gasteiger partial charge in [0.25, 0.3) is 0 Å². The molecular weight excluding hydrogens is 348 g/mol. The zero-order valence-corrected chi connectivity index (χ0v) is 17.2. The lowest BCUT2D eigenvalue weighted by molar-refractivity contribution is -0.212. The van der Waals surface area contributed by atoms with Crippen molar-refractivity contribution in [3.63, 3.8) is 0 Å². The summed E-state index contributed by atoms with van der Waals surface area (Å²) in [6.45, 7) is 9.31. The first-order valence-corrected chi connectivity index (χ1v) is 10.2. The number of rotatable bonds is 1. The highest BCUT2D eigenvalue weighted by atomic mass is 16.5. The third kappa shape index (κ3) is 2.74. The quantitative estimate of drug-likeness (QED) is 0.692. The fourth-order valence-electron chi connectivity index (χ4n) is 5.01. The summed E-state index contributed by atoms with van der Waals surface area (Å²) >= 11 is 0. The number of aryl methyl sites for hydroxylation is 2. The van der Waals surface area contributed by atoms with Gasteiger partial charge in [0.15, 0.2) is 0 Å². The van der Waals surface area contributed by atoms with E-state index in [0.29, 0.717) is 6.61 Å². The maximum Gasteiger partial charge on any atom is 0.203 e. The molecule has 28 heavy (non-hydrogen) atoms. The van der Waals surface area contributed by atoms with Crippen molar-refractivity contribution in [2.75, 3.05) is 6.61 Å². The van der Waals surface area contributed by atoms with Gasteiger partial charge in [0, 0.05) is 30.4 Å². The summed E-state index contributed by atoms with van der Waals surface area (Å²) in [7, 11) is 0. The number of ether oxygens (including phenoxy) is 2. The van der Waals surface area contributed by atoms with Crippen LogP contribution in [0.2, 0.25) is 0 Å². The molecular formula is C24H28N2O2. The Morgan fingerprint density at radius 2 is 1.93 bits per heavy atom. The Morgan fingerprint density at radius 3 is 2.75 bits per heavy atom. The fourth-order valence-corrected chi connectivity index (χ4v) is 5.01. The molecule has 2 unspecified atom stereocenters. The molecule has 0 aromatic heterocycles. The number of nitrogens with zero attached hydrogens (tertiary/aromatic N) is 2. The van der Waals surface area contributed by atoms with E-state index in [1.807, 2.05) is 0 Å². The summed E-state index contributed by atoms with van der Waals surface area (Å²) in [4.78, 5) is 0. The third-order valence-electron chi connectivity index (χ3n) is 6.30. The SMILES string of the molecule is Cc1ccc(C)c(C2=NN3C(C2)c2ccccc2OC32CCOC(C)(C)C2)c1. The van der Waals surface area contributed by atoms with Crippen LogP contribution in [-0.2, 0) is 4.74 Å². The van der Waals surface area contributed by atoms with Crippen molar-refractivity contribution in [2.45, 2.75) is 64.3 Å². The van der Waals surface area contributed by atoms with Gasteiger partial charge in [-0.25, -0.2) is 5.01 Å². The Labute approximate surface area is 167 Å². The molecule has 1 spiro atoms.